The molecular formula is C7H4Cl3NO3. The van der Waals surface area contributed by atoms with Crippen molar-refractivity contribution in [3.8, 4) is 0 Å². The number of hydrogen-bond acceptors (Lipinski definition) is 3. The molecule has 0 fully saturated rings. The van der Waals surface area contributed by atoms with Crippen LogP contribution in [0.5, 0.6) is 0 Å². The fourth-order valence-electron chi connectivity index (χ4n) is 0.932. The Balaban J connectivity index is 3.52. The van der Waals surface area contributed by atoms with Gasteiger partial charge >= 0.3 is 5.69 Å². The third-order valence-corrected chi connectivity index (χ3v) is 2.61. The summed E-state index contributed by atoms with van der Waals surface area (Å²) in [4.78, 5) is 9.81. The second-order valence-corrected chi connectivity index (χ2v) is 3.59. The third kappa shape index (κ3) is 1.93. The molecule has 0 aromatic heterocycles. The Morgan fingerprint density at radius 1 is 1.36 bits per heavy atom. The van der Waals surface area contributed by atoms with E-state index in [0.717, 1.165) is 0 Å². The van der Waals surface area contributed by atoms with Crippen LogP contribution in [0.2, 0.25) is 15.1 Å². The van der Waals surface area contributed by atoms with Crippen molar-refractivity contribution in [3.05, 3.63) is 36.8 Å². The van der Waals surface area contributed by atoms with Crippen LogP contribution < -0.4 is 0 Å². The summed E-state index contributed by atoms with van der Waals surface area (Å²) in [6.45, 7) is -0.477. The van der Waals surface area contributed by atoms with Crippen LogP contribution in [0, 0.1) is 10.1 Å². The van der Waals surface area contributed by atoms with Crippen molar-refractivity contribution in [2.45, 2.75) is 6.61 Å². The molecule has 0 aliphatic rings. The van der Waals surface area contributed by atoms with Gasteiger partial charge in [0.25, 0.3) is 0 Å². The van der Waals surface area contributed by atoms with E-state index >= 15 is 0 Å². The minimum Gasteiger partial charge on any atom is -0.392 e. The summed E-state index contributed by atoms with van der Waals surface area (Å²) in [7, 11) is 0. The summed E-state index contributed by atoms with van der Waals surface area (Å²) < 4.78 is 0. The Kier molecular flexibility index (Phi) is 3.55. The van der Waals surface area contributed by atoms with Gasteiger partial charge in [0.2, 0.25) is 0 Å². The summed E-state index contributed by atoms with van der Waals surface area (Å²) in [5.74, 6) is 0. The normalized spacial score (nSPS) is 10.3. The van der Waals surface area contributed by atoms with E-state index in [2.05, 4.69) is 0 Å². The zero-order valence-electron chi connectivity index (χ0n) is 6.63. The van der Waals surface area contributed by atoms with Gasteiger partial charge in [-0.25, -0.2) is 0 Å². The second kappa shape index (κ2) is 4.31. The lowest BCUT2D eigenvalue weighted by Crippen LogP contribution is -1.95. The predicted molar refractivity (Wildman–Crippen MR) is 54.0 cm³/mol. The Morgan fingerprint density at radius 2 is 1.93 bits per heavy atom. The maximum Gasteiger partial charge on any atom is 0.306 e. The molecule has 76 valence electrons. The Bertz CT molecular complexity index is 394. The highest BCUT2D eigenvalue weighted by Crippen LogP contribution is 2.39. The number of nitro benzene ring substituents is 1. The quantitative estimate of drug-likeness (QED) is 0.653. The van der Waals surface area contributed by atoms with Gasteiger partial charge in [-0.2, -0.15) is 0 Å². The van der Waals surface area contributed by atoms with Crippen LogP contribution in [0.15, 0.2) is 6.07 Å². The monoisotopic (exact) mass is 255 g/mol. The topological polar surface area (TPSA) is 63.4 Å². The van der Waals surface area contributed by atoms with Crippen molar-refractivity contribution in [2.24, 2.45) is 0 Å². The number of rotatable bonds is 2. The van der Waals surface area contributed by atoms with E-state index in [9.17, 15) is 10.1 Å². The maximum absolute atomic E-state index is 10.5. The van der Waals surface area contributed by atoms with Crippen molar-refractivity contribution in [3.63, 3.8) is 0 Å². The van der Waals surface area contributed by atoms with Crippen molar-refractivity contribution in [1.29, 1.82) is 0 Å². The van der Waals surface area contributed by atoms with Crippen molar-refractivity contribution >= 4 is 40.5 Å². The molecule has 0 bridgehead atoms. The van der Waals surface area contributed by atoms with Crippen molar-refractivity contribution < 1.29 is 10.0 Å². The van der Waals surface area contributed by atoms with E-state index in [1.165, 1.54) is 6.07 Å². The summed E-state index contributed by atoms with van der Waals surface area (Å²) in [5.41, 5.74) is -0.341. The van der Waals surface area contributed by atoms with Crippen LogP contribution in [0.1, 0.15) is 5.56 Å². The molecule has 1 N–H and O–H groups in total. The van der Waals surface area contributed by atoms with Gasteiger partial charge in [0.05, 0.1) is 11.5 Å². The number of aliphatic hydroxyl groups excluding tert-OH is 1. The fraction of sp³-hybridized carbons (Fsp3) is 0.143. The van der Waals surface area contributed by atoms with Gasteiger partial charge in [0, 0.05) is 10.6 Å². The first-order valence-electron chi connectivity index (χ1n) is 3.40. The van der Waals surface area contributed by atoms with Crippen LogP contribution >= 0.6 is 34.8 Å². The SMILES string of the molecule is O=[N+]([O-])c1c(Cl)cc(Cl)c(CO)c1Cl. The highest BCUT2D eigenvalue weighted by molar-refractivity contribution is 6.41. The molecule has 1 aromatic carbocycles. The zero-order chi connectivity index (χ0) is 10.9. The van der Waals surface area contributed by atoms with Gasteiger partial charge in [0.15, 0.2) is 0 Å². The zero-order valence-corrected chi connectivity index (χ0v) is 8.90. The van der Waals surface area contributed by atoms with Gasteiger partial charge in [-0.3, -0.25) is 10.1 Å². The summed E-state index contributed by atoms with van der Waals surface area (Å²) in [6, 6.07) is 1.18. The first kappa shape index (κ1) is 11.5. The van der Waals surface area contributed by atoms with Gasteiger partial charge in [-0.05, 0) is 6.07 Å². The summed E-state index contributed by atoms with van der Waals surface area (Å²) >= 11 is 16.9. The third-order valence-electron chi connectivity index (χ3n) is 1.58. The highest BCUT2D eigenvalue weighted by Gasteiger charge is 2.23. The smallest absolute Gasteiger partial charge is 0.306 e. The molecule has 0 aliphatic heterocycles. The second-order valence-electron chi connectivity index (χ2n) is 2.40. The molecule has 0 unspecified atom stereocenters. The van der Waals surface area contributed by atoms with E-state index in [0.29, 0.717) is 0 Å². The number of nitro groups is 1. The van der Waals surface area contributed by atoms with E-state index in [1.807, 2.05) is 0 Å². The van der Waals surface area contributed by atoms with Gasteiger partial charge in [0.1, 0.15) is 10.0 Å². The fourth-order valence-corrected chi connectivity index (χ4v) is 1.95. The van der Waals surface area contributed by atoms with Crippen LogP contribution in [0.4, 0.5) is 5.69 Å². The molecule has 1 rings (SSSR count). The molecule has 0 aliphatic carbocycles. The Hall–Kier alpha value is -0.550. The number of nitrogens with zero attached hydrogens (tertiary/aromatic N) is 1. The minimum atomic E-state index is -0.722. The lowest BCUT2D eigenvalue weighted by atomic mass is 10.2. The molecule has 14 heavy (non-hydrogen) atoms. The average molecular weight is 256 g/mol. The summed E-state index contributed by atoms with van der Waals surface area (Å²) in [5, 5.41) is 19.1. The molecular weight excluding hydrogens is 252 g/mol. The number of aliphatic hydroxyl groups is 1. The van der Waals surface area contributed by atoms with Gasteiger partial charge < -0.3 is 5.11 Å². The van der Waals surface area contributed by atoms with Gasteiger partial charge in [-0.1, -0.05) is 34.8 Å². The van der Waals surface area contributed by atoms with Crippen LogP contribution in [0.25, 0.3) is 0 Å². The predicted octanol–water partition coefficient (Wildman–Crippen LogP) is 3.05. The first-order chi connectivity index (χ1) is 6.49. The maximum atomic E-state index is 10.5. The molecule has 0 spiro atoms. The molecule has 0 saturated carbocycles. The Morgan fingerprint density at radius 3 is 2.36 bits per heavy atom. The largest absolute Gasteiger partial charge is 0.392 e. The number of benzene rings is 1. The highest BCUT2D eigenvalue weighted by atomic mass is 35.5. The average Bonchev–Trinajstić information content (AvgIpc) is 2.02. The molecule has 0 radical (unpaired) electrons. The number of hydrogen-bond donors (Lipinski definition) is 1. The first-order valence-corrected chi connectivity index (χ1v) is 4.54. The molecule has 0 amide bonds. The van der Waals surface area contributed by atoms with E-state index in [4.69, 9.17) is 39.9 Å². The van der Waals surface area contributed by atoms with Crippen molar-refractivity contribution in [1.82, 2.24) is 0 Å². The minimum absolute atomic E-state index is 0.101. The number of halogens is 3. The standard InChI is InChI=1S/C7H4Cl3NO3/c8-4-1-5(9)7(11(13)14)6(10)3(4)2-12/h1,12H,2H2. The Labute approximate surface area is 94.2 Å². The van der Waals surface area contributed by atoms with E-state index in [1.54, 1.807) is 0 Å². The molecule has 7 heteroatoms. The molecule has 0 saturated heterocycles. The van der Waals surface area contributed by atoms with Crippen LogP contribution in [-0.4, -0.2) is 10.0 Å². The van der Waals surface area contributed by atoms with Gasteiger partial charge in [-0.15, -0.1) is 0 Å². The van der Waals surface area contributed by atoms with Crippen LogP contribution in [0.3, 0.4) is 0 Å². The summed E-state index contributed by atoms with van der Waals surface area (Å²) in [6.07, 6.45) is 0. The molecule has 1 aromatic rings. The molecule has 0 heterocycles. The molecule has 0 atom stereocenters. The van der Waals surface area contributed by atoms with E-state index < -0.39 is 17.2 Å². The molecule has 4 nitrogen and oxygen atoms in total. The van der Waals surface area contributed by atoms with Crippen LogP contribution in [-0.2, 0) is 6.61 Å². The lowest BCUT2D eigenvalue weighted by molar-refractivity contribution is -0.384. The lowest BCUT2D eigenvalue weighted by Gasteiger charge is -2.05. The van der Waals surface area contributed by atoms with Crippen molar-refractivity contribution in [2.75, 3.05) is 0 Å². The van der Waals surface area contributed by atoms with E-state index in [-0.39, 0.29) is 20.6 Å².